The summed E-state index contributed by atoms with van der Waals surface area (Å²) < 4.78 is 18.0. The van der Waals surface area contributed by atoms with Gasteiger partial charge in [0.1, 0.15) is 11.9 Å². The minimum absolute atomic E-state index is 0.0135. The van der Waals surface area contributed by atoms with Crippen molar-refractivity contribution in [3.63, 3.8) is 0 Å². The number of halogens is 1. The van der Waals surface area contributed by atoms with Gasteiger partial charge in [0.05, 0.1) is 6.04 Å². The topological polar surface area (TPSA) is 47.6 Å². The summed E-state index contributed by atoms with van der Waals surface area (Å²) in [4.78, 5) is 4.05. The third-order valence-corrected chi connectivity index (χ3v) is 2.22. The highest BCUT2D eigenvalue weighted by Crippen LogP contribution is 2.27. The van der Waals surface area contributed by atoms with Crippen LogP contribution in [-0.4, -0.2) is 12.1 Å². The molecule has 1 heterocycles. The summed E-state index contributed by atoms with van der Waals surface area (Å²) in [5.74, 6) is -0.256. The fourth-order valence-electron chi connectivity index (χ4n) is 1.53. The van der Waals surface area contributed by atoms with Crippen LogP contribution < -0.4 is 5.73 Å². The molecule has 0 radical (unpaired) electrons. The van der Waals surface area contributed by atoms with Crippen LogP contribution in [0.25, 0.3) is 0 Å². The molecule has 2 N–H and O–H groups in total. The van der Waals surface area contributed by atoms with Crippen LogP contribution in [0.1, 0.15) is 18.6 Å². The normalized spacial score (nSPS) is 25.7. The fraction of sp³-hybridized carbons (Fsp3) is 0.300. The highest BCUT2D eigenvalue weighted by Gasteiger charge is 2.27. The Balaban J connectivity index is 2.21. The van der Waals surface area contributed by atoms with Crippen molar-refractivity contribution in [3.8, 4) is 0 Å². The maximum absolute atomic E-state index is 12.7. The summed E-state index contributed by atoms with van der Waals surface area (Å²) >= 11 is 0. The number of benzene rings is 1. The molecule has 1 aliphatic heterocycles. The zero-order valence-electron chi connectivity index (χ0n) is 7.77. The third kappa shape index (κ3) is 1.55. The molecule has 0 fully saturated rings. The molecule has 0 spiro atoms. The van der Waals surface area contributed by atoms with E-state index in [1.54, 1.807) is 12.1 Å². The Morgan fingerprint density at radius 3 is 2.50 bits per heavy atom. The van der Waals surface area contributed by atoms with Gasteiger partial charge in [0, 0.05) is 0 Å². The number of hydrogen-bond acceptors (Lipinski definition) is 3. The molecule has 1 aliphatic rings. The molecule has 74 valence electrons. The number of hydrogen-bond donors (Lipinski definition) is 1. The summed E-state index contributed by atoms with van der Waals surface area (Å²) in [6, 6.07) is 6.36. The second-order valence-electron chi connectivity index (χ2n) is 3.30. The van der Waals surface area contributed by atoms with Gasteiger partial charge < -0.3 is 10.5 Å². The Kier molecular flexibility index (Phi) is 2.11. The molecule has 0 saturated carbocycles. The summed E-state index contributed by atoms with van der Waals surface area (Å²) in [7, 11) is 0. The molecule has 0 aromatic heterocycles. The molecule has 0 amide bonds. The first-order valence-electron chi connectivity index (χ1n) is 4.42. The first-order valence-corrected chi connectivity index (χ1v) is 4.42. The van der Waals surface area contributed by atoms with E-state index in [0.29, 0.717) is 0 Å². The molecule has 1 aromatic carbocycles. The first-order chi connectivity index (χ1) is 6.66. The molecule has 2 atom stereocenters. The number of ether oxygens (including phenoxy) is 1. The van der Waals surface area contributed by atoms with Crippen LogP contribution in [-0.2, 0) is 4.74 Å². The molecule has 4 heteroatoms. The Bertz CT molecular complexity index is 361. The molecular weight excluding hydrogens is 183 g/mol. The molecule has 0 saturated heterocycles. The fourth-order valence-corrected chi connectivity index (χ4v) is 1.53. The van der Waals surface area contributed by atoms with Crippen molar-refractivity contribution in [1.82, 2.24) is 0 Å². The zero-order valence-corrected chi connectivity index (χ0v) is 7.77. The first kappa shape index (κ1) is 8.99. The molecule has 3 nitrogen and oxygen atoms in total. The smallest absolute Gasteiger partial charge is 0.283 e. The van der Waals surface area contributed by atoms with E-state index in [2.05, 4.69) is 4.99 Å². The molecule has 1 aromatic rings. The van der Waals surface area contributed by atoms with Crippen LogP contribution in [0.15, 0.2) is 29.3 Å². The third-order valence-electron chi connectivity index (χ3n) is 2.22. The van der Waals surface area contributed by atoms with Crippen LogP contribution >= 0.6 is 0 Å². The van der Waals surface area contributed by atoms with E-state index in [4.69, 9.17) is 10.5 Å². The lowest BCUT2D eigenvalue weighted by Gasteiger charge is -2.13. The van der Waals surface area contributed by atoms with Crippen molar-refractivity contribution in [1.29, 1.82) is 0 Å². The average molecular weight is 194 g/mol. The van der Waals surface area contributed by atoms with E-state index in [0.717, 1.165) is 5.56 Å². The molecular formula is C10H11FN2O. The summed E-state index contributed by atoms with van der Waals surface area (Å²) in [6.07, 6.45) is -0.185. The van der Waals surface area contributed by atoms with E-state index in [1.165, 1.54) is 12.1 Å². The maximum Gasteiger partial charge on any atom is 0.283 e. The van der Waals surface area contributed by atoms with E-state index >= 15 is 0 Å². The highest BCUT2D eigenvalue weighted by molar-refractivity contribution is 5.73. The van der Waals surface area contributed by atoms with Crippen LogP contribution in [0.5, 0.6) is 0 Å². The van der Waals surface area contributed by atoms with Gasteiger partial charge in [0.25, 0.3) is 6.02 Å². The Morgan fingerprint density at radius 2 is 2.00 bits per heavy atom. The second kappa shape index (κ2) is 3.29. The monoisotopic (exact) mass is 194 g/mol. The number of amidine groups is 1. The van der Waals surface area contributed by atoms with Crippen molar-refractivity contribution in [2.75, 3.05) is 0 Å². The predicted molar refractivity (Wildman–Crippen MR) is 51.3 cm³/mol. The molecule has 2 unspecified atom stereocenters. The van der Waals surface area contributed by atoms with E-state index < -0.39 is 0 Å². The Hall–Kier alpha value is -1.58. The van der Waals surface area contributed by atoms with Gasteiger partial charge in [-0.1, -0.05) is 12.1 Å². The van der Waals surface area contributed by atoms with Gasteiger partial charge in [0.15, 0.2) is 0 Å². The molecule has 0 bridgehead atoms. The SMILES string of the molecule is CC1N=C(N)OC1c1ccc(F)cc1. The number of rotatable bonds is 1. The lowest BCUT2D eigenvalue weighted by molar-refractivity contribution is 0.199. The lowest BCUT2D eigenvalue weighted by Crippen LogP contribution is -2.14. The molecule has 2 rings (SSSR count). The number of nitrogens with zero attached hydrogens (tertiary/aromatic N) is 1. The predicted octanol–water partition coefficient (Wildman–Crippen LogP) is 1.60. The van der Waals surface area contributed by atoms with Crippen molar-refractivity contribution in [3.05, 3.63) is 35.6 Å². The zero-order chi connectivity index (χ0) is 10.1. The van der Waals surface area contributed by atoms with Crippen molar-refractivity contribution in [2.45, 2.75) is 19.1 Å². The Morgan fingerprint density at radius 1 is 1.36 bits per heavy atom. The van der Waals surface area contributed by atoms with Gasteiger partial charge in [-0.25, -0.2) is 9.38 Å². The van der Waals surface area contributed by atoms with Gasteiger partial charge in [-0.05, 0) is 24.6 Å². The minimum atomic E-state index is -0.256. The van der Waals surface area contributed by atoms with Gasteiger partial charge in [-0.3, -0.25) is 0 Å². The number of nitrogens with two attached hydrogens (primary N) is 1. The van der Waals surface area contributed by atoms with Crippen molar-refractivity contribution in [2.24, 2.45) is 10.7 Å². The van der Waals surface area contributed by atoms with E-state index in [1.807, 2.05) is 6.92 Å². The second-order valence-corrected chi connectivity index (χ2v) is 3.30. The molecule has 0 aliphatic carbocycles. The van der Waals surface area contributed by atoms with Crippen molar-refractivity contribution >= 4 is 6.02 Å². The number of aliphatic imine (C=N–C) groups is 1. The summed E-state index contributed by atoms with van der Waals surface area (Å²) in [6.45, 7) is 1.91. The average Bonchev–Trinajstić information content (AvgIpc) is 2.47. The van der Waals surface area contributed by atoms with Gasteiger partial charge >= 0.3 is 0 Å². The van der Waals surface area contributed by atoms with Crippen molar-refractivity contribution < 1.29 is 9.13 Å². The molecule has 14 heavy (non-hydrogen) atoms. The lowest BCUT2D eigenvalue weighted by atomic mass is 10.0. The van der Waals surface area contributed by atoms with Crippen LogP contribution in [0, 0.1) is 5.82 Å². The van der Waals surface area contributed by atoms with Crippen LogP contribution in [0.3, 0.4) is 0 Å². The highest BCUT2D eigenvalue weighted by atomic mass is 19.1. The minimum Gasteiger partial charge on any atom is -0.455 e. The maximum atomic E-state index is 12.7. The standard InChI is InChI=1S/C10H11FN2O/c1-6-9(14-10(12)13-6)7-2-4-8(11)5-3-7/h2-6,9H,1H3,(H2,12,13). The Labute approximate surface area is 81.4 Å². The van der Waals surface area contributed by atoms with Gasteiger partial charge in [-0.2, -0.15) is 0 Å². The largest absolute Gasteiger partial charge is 0.455 e. The van der Waals surface area contributed by atoms with E-state index in [-0.39, 0.29) is 24.0 Å². The van der Waals surface area contributed by atoms with E-state index in [9.17, 15) is 4.39 Å². The van der Waals surface area contributed by atoms with Crippen LogP contribution in [0.2, 0.25) is 0 Å². The summed E-state index contributed by atoms with van der Waals surface area (Å²) in [5.41, 5.74) is 6.33. The van der Waals surface area contributed by atoms with Crippen LogP contribution in [0.4, 0.5) is 4.39 Å². The van der Waals surface area contributed by atoms with Gasteiger partial charge in [-0.15, -0.1) is 0 Å². The summed E-state index contributed by atoms with van der Waals surface area (Å²) in [5, 5.41) is 0. The quantitative estimate of drug-likeness (QED) is 0.738. The van der Waals surface area contributed by atoms with Gasteiger partial charge in [0.2, 0.25) is 0 Å².